The lowest BCUT2D eigenvalue weighted by Crippen LogP contribution is -2.53. The summed E-state index contributed by atoms with van der Waals surface area (Å²) in [6.45, 7) is 2.84. The molecule has 0 radical (unpaired) electrons. The van der Waals surface area contributed by atoms with Crippen LogP contribution in [-0.2, 0) is 22.4 Å². The van der Waals surface area contributed by atoms with Crippen LogP contribution in [0.25, 0.3) is 0 Å². The topological polar surface area (TPSA) is 128 Å². The molecule has 3 fully saturated rings. The molecule has 11 nitrogen and oxygen atoms in total. The summed E-state index contributed by atoms with van der Waals surface area (Å²) < 4.78 is 23.5. The third kappa shape index (κ3) is 7.92. The molecule has 2 bridgehead atoms. The Balaban J connectivity index is 1.24. The number of fused-ring (bicyclic) bond motifs is 3. The highest BCUT2D eigenvalue weighted by molar-refractivity contribution is 7.14. The van der Waals surface area contributed by atoms with Crippen molar-refractivity contribution in [1.29, 1.82) is 5.26 Å². The number of rotatable bonds is 11. The predicted octanol–water partition coefficient (Wildman–Crippen LogP) is 6.96. The Bertz CT molecular complexity index is 1900. The number of aromatic nitrogens is 1. The number of hydrogen-bond donors (Lipinski definition) is 0. The standard InChI is InChI=1S/C36H34Cl2N4O7S/c1-46-30-8-6-24(15-32(30)47-2)31(16-27-28(37)19-41(45)20-29(27)38)48-35(43)34-9-7-26(50-34)18-42(25-5-3-4-22(14-25)17-39)36(44)49-33-21-40-12-10-23(33)11-13-40/h3-9,14-15,19-20,23,31,33H,10-13,16,18,21H2,1-2H3/t31-,33-/m0/s1. The van der Waals surface area contributed by atoms with Crippen molar-refractivity contribution in [1.82, 2.24) is 4.90 Å². The number of halogens is 2. The molecule has 2 atom stereocenters. The van der Waals surface area contributed by atoms with Crippen molar-refractivity contribution < 1.29 is 33.3 Å². The van der Waals surface area contributed by atoms with Crippen molar-refractivity contribution in [2.75, 3.05) is 38.8 Å². The van der Waals surface area contributed by atoms with Gasteiger partial charge in [0.1, 0.15) is 27.1 Å². The van der Waals surface area contributed by atoms with E-state index in [0.29, 0.717) is 60.8 Å². The summed E-state index contributed by atoms with van der Waals surface area (Å²) in [5.41, 5.74) is 1.93. The Kier molecular flexibility index (Phi) is 11.0. The Morgan fingerprint density at radius 2 is 1.80 bits per heavy atom. The number of anilines is 1. The molecule has 7 rings (SSSR count). The first-order chi connectivity index (χ1) is 24.1. The van der Waals surface area contributed by atoms with Crippen LogP contribution in [-0.4, -0.2) is 56.9 Å². The van der Waals surface area contributed by atoms with Crippen LogP contribution in [0.4, 0.5) is 10.5 Å². The van der Waals surface area contributed by atoms with Gasteiger partial charge < -0.3 is 24.2 Å². The van der Waals surface area contributed by atoms with Crippen molar-refractivity contribution in [3.8, 4) is 17.6 Å². The maximum atomic E-state index is 13.7. The summed E-state index contributed by atoms with van der Waals surface area (Å²) in [5, 5.41) is 21.7. The monoisotopic (exact) mass is 736 g/mol. The average molecular weight is 738 g/mol. The second kappa shape index (κ2) is 15.6. The number of benzene rings is 2. The van der Waals surface area contributed by atoms with Crippen molar-refractivity contribution in [2.45, 2.75) is 38.0 Å². The van der Waals surface area contributed by atoms with Crippen LogP contribution in [0.5, 0.6) is 11.5 Å². The first-order valence-electron chi connectivity index (χ1n) is 15.9. The zero-order valence-electron chi connectivity index (χ0n) is 27.3. The first kappa shape index (κ1) is 35.3. The lowest BCUT2D eigenvalue weighted by Gasteiger charge is -2.44. The molecular weight excluding hydrogens is 703 g/mol. The van der Waals surface area contributed by atoms with E-state index in [1.54, 1.807) is 54.6 Å². The molecule has 3 aliphatic rings. The van der Waals surface area contributed by atoms with Gasteiger partial charge in [-0.3, -0.25) is 9.80 Å². The van der Waals surface area contributed by atoms with Gasteiger partial charge in [-0.05, 0) is 79.9 Å². The molecule has 3 saturated heterocycles. The number of hydrogen-bond acceptors (Lipinski definition) is 10. The van der Waals surface area contributed by atoms with Gasteiger partial charge in [-0.2, -0.15) is 9.99 Å². The van der Waals surface area contributed by atoms with Crippen LogP contribution >= 0.6 is 34.5 Å². The zero-order valence-corrected chi connectivity index (χ0v) is 29.7. The molecule has 2 aromatic heterocycles. The molecule has 4 aromatic rings. The highest BCUT2D eigenvalue weighted by Gasteiger charge is 2.37. The summed E-state index contributed by atoms with van der Waals surface area (Å²) in [6.07, 6.45) is 2.80. The molecule has 0 spiro atoms. The molecule has 0 aliphatic carbocycles. The van der Waals surface area contributed by atoms with Gasteiger partial charge in [-0.25, -0.2) is 9.59 Å². The van der Waals surface area contributed by atoms with Crippen molar-refractivity contribution in [2.24, 2.45) is 5.92 Å². The summed E-state index contributed by atoms with van der Waals surface area (Å²) >= 11 is 14.0. The molecule has 0 N–H and O–H groups in total. The fourth-order valence-corrected chi connectivity index (χ4v) is 7.83. The third-order valence-corrected chi connectivity index (χ3v) is 10.7. The minimum absolute atomic E-state index is 0.0619. The third-order valence-electron chi connectivity index (χ3n) is 9.01. The van der Waals surface area contributed by atoms with Gasteiger partial charge in [0.05, 0.1) is 32.4 Å². The van der Waals surface area contributed by atoms with Gasteiger partial charge in [0.25, 0.3) is 0 Å². The Labute approximate surface area is 303 Å². The van der Waals surface area contributed by atoms with Crippen LogP contribution < -0.4 is 19.1 Å². The summed E-state index contributed by atoms with van der Waals surface area (Å²) in [5.74, 6) is 0.623. The second-order valence-corrected chi connectivity index (χ2v) is 14.1. The molecular formula is C36H34Cl2N4O7S. The van der Waals surface area contributed by atoms with E-state index in [0.717, 1.165) is 25.9 Å². The van der Waals surface area contributed by atoms with E-state index in [2.05, 4.69) is 11.0 Å². The number of carbonyl (C=O) groups excluding carboxylic acids is 2. The van der Waals surface area contributed by atoms with Crippen molar-refractivity contribution >= 4 is 52.3 Å². The molecule has 2 aromatic carbocycles. The van der Waals surface area contributed by atoms with Gasteiger partial charge in [0.2, 0.25) is 0 Å². The van der Waals surface area contributed by atoms with E-state index in [1.165, 1.54) is 42.8 Å². The van der Waals surface area contributed by atoms with Gasteiger partial charge in [0.15, 0.2) is 23.9 Å². The molecule has 50 heavy (non-hydrogen) atoms. The van der Waals surface area contributed by atoms with Crippen molar-refractivity contribution in [3.05, 3.63) is 109 Å². The van der Waals surface area contributed by atoms with E-state index in [-0.39, 0.29) is 29.1 Å². The smallest absolute Gasteiger partial charge is 0.414 e. The van der Waals surface area contributed by atoms with Crippen LogP contribution in [0.1, 0.15) is 50.2 Å². The Hall–Kier alpha value is -4.54. The maximum Gasteiger partial charge on any atom is 0.414 e. The highest BCUT2D eigenvalue weighted by atomic mass is 35.5. The average Bonchev–Trinajstić information content (AvgIpc) is 3.60. The summed E-state index contributed by atoms with van der Waals surface area (Å²) in [6, 6.07) is 17.4. The molecule has 3 aliphatic heterocycles. The van der Waals surface area contributed by atoms with E-state index in [4.69, 9.17) is 42.1 Å². The number of amides is 1. The minimum Gasteiger partial charge on any atom is -0.619 e. The second-order valence-electron chi connectivity index (χ2n) is 12.1. The number of methoxy groups -OCH3 is 2. The number of thiophene rings is 1. The lowest BCUT2D eigenvalue weighted by molar-refractivity contribution is -0.605. The van der Waals surface area contributed by atoms with E-state index in [9.17, 15) is 20.1 Å². The number of carbonyl (C=O) groups is 2. The van der Waals surface area contributed by atoms with E-state index < -0.39 is 18.2 Å². The fraction of sp³-hybridized carbons (Fsp3) is 0.333. The van der Waals surface area contributed by atoms with Crippen LogP contribution in [0.15, 0.2) is 67.0 Å². The first-order valence-corrected chi connectivity index (χ1v) is 17.5. The predicted molar refractivity (Wildman–Crippen MR) is 188 cm³/mol. The number of ether oxygens (including phenoxy) is 4. The number of nitrogens with zero attached hydrogens (tertiary/aromatic N) is 4. The summed E-state index contributed by atoms with van der Waals surface area (Å²) in [7, 11) is 3.02. The zero-order chi connectivity index (χ0) is 35.4. The van der Waals surface area contributed by atoms with E-state index >= 15 is 0 Å². The highest BCUT2D eigenvalue weighted by Crippen LogP contribution is 2.36. The SMILES string of the molecule is COc1ccc([C@H](Cc2c(Cl)c[n+]([O-])cc2Cl)OC(=O)c2ccc(CN(C(=O)O[C@H]3CN4CCC3CC4)c3cccc(C#N)c3)s2)cc1OC. The van der Waals surface area contributed by atoms with Crippen LogP contribution in [0, 0.1) is 22.5 Å². The fourth-order valence-electron chi connectivity index (χ4n) is 6.35. The van der Waals surface area contributed by atoms with Gasteiger partial charge in [0, 0.05) is 29.1 Å². The Morgan fingerprint density at radius 1 is 1.06 bits per heavy atom. The molecule has 5 heterocycles. The molecule has 260 valence electrons. The molecule has 0 unspecified atom stereocenters. The quantitative estimate of drug-likeness (QED) is 0.0912. The molecule has 14 heteroatoms. The van der Waals surface area contributed by atoms with Crippen molar-refractivity contribution in [3.63, 3.8) is 0 Å². The summed E-state index contributed by atoms with van der Waals surface area (Å²) in [4.78, 5) is 32.2. The number of nitriles is 1. The Morgan fingerprint density at radius 3 is 2.46 bits per heavy atom. The number of esters is 1. The molecule has 1 amide bonds. The van der Waals surface area contributed by atoms with Gasteiger partial charge in [-0.1, -0.05) is 35.3 Å². The van der Waals surface area contributed by atoms with Gasteiger partial charge in [-0.15, -0.1) is 11.3 Å². The lowest BCUT2D eigenvalue weighted by atomic mass is 9.86. The number of pyridine rings is 1. The van der Waals surface area contributed by atoms with Crippen LogP contribution in [0.2, 0.25) is 10.0 Å². The normalized spacial score (nSPS) is 18.5. The number of piperidine rings is 3. The van der Waals surface area contributed by atoms with Crippen LogP contribution in [0.3, 0.4) is 0 Å². The minimum atomic E-state index is -0.882. The van der Waals surface area contributed by atoms with E-state index in [1.807, 2.05) is 0 Å². The van der Waals surface area contributed by atoms with Gasteiger partial charge >= 0.3 is 12.1 Å². The largest absolute Gasteiger partial charge is 0.619 e. The molecule has 0 saturated carbocycles. The maximum absolute atomic E-state index is 13.7.